The molecule has 1 aromatic carbocycles. The van der Waals surface area contributed by atoms with Crippen LogP contribution in [0.15, 0.2) is 12.1 Å². The Morgan fingerprint density at radius 3 is 3.00 bits per heavy atom. The number of ether oxygens (including phenoxy) is 1. The molecule has 12 heavy (non-hydrogen) atoms. The van der Waals surface area contributed by atoms with Crippen LogP contribution in [0.5, 0.6) is 5.75 Å². The molecule has 0 bridgehead atoms. The van der Waals surface area contributed by atoms with Gasteiger partial charge in [0.25, 0.3) is 0 Å². The van der Waals surface area contributed by atoms with Crippen LogP contribution in [0, 0.1) is 6.92 Å². The number of fused-ring (bicyclic) bond motifs is 1. The monoisotopic (exact) mass is 164 g/mol. The zero-order chi connectivity index (χ0) is 8.72. The maximum Gasteiger partial charge on any atom is 0.147 e. The zero-order valence-corrected chi connectivity index (χ0v) is 7.00. The Kier molecular flexibility index (Phi) is 1.48. The minimum Gasteiger partial charge on any atom is -0.489 e. The van der Waals surface area contributed by atoms with E-state index in [0.29, 0.717) is 6.61 Å². The number of hydrogen-bond donors (Lipinski definition) is 2. The van der Waals surface area contributed by atoms with Crippen molar-refractivity contribution in [2.45, 2.75) is 13.0 Å². The summed E-state index contributed by atoms with van der Waals surface area (Å²) in [7, 11) is 0. The maximum atomic E-state index is 5.82. The predicted molar refractivity (Wildman–Crippen MR) is 48.0 cm³/mol. The van der Waals surface area contributed by atoms with E-state index < -0.39 is 0 Å². The maximum absolute atomic E-state index is 5.82. The molecule has 0 saturated carbocycles. The van der Waals surface area contributed by atoms with Gasteiger partial charge in [-0.1, -0.05) is 12.1 Å². The van der Waals surface area contributed by atoms with Crippen LogP contribution in [0.4, 0.5) is 5.69 Å². The molecule has 0 amide bonds. The van der Waals surface area contributed by atoms with Gasteiger partial charge in [0.05, 0.1) is 11.7 Å². The molecule has 0 unspecified atom stereocenters. The van der Waals surface area contributed by atoms with Crippen LogP contribution in [0.25, 0.3) is 0 Å². The average Bonchev–Trinajstić information content (AvgIpc) is 2.41. The fraction of sp³-hybridized carbons (Fsp3) is 0.333. The molecule has 1 aromatic rings. The summed E-state index contributed by atoms with van der Waals surface area (Å²) in [5.41, 5.74) is 14.4. The number of anilines is 1. The minimum absolute atomic E-state index is 0.0112. The fourth-order valence-corrected chi connectivity index (χ4v) is 1.43. The second-order valence-corrected chi connectivity index (χ2v) is 3.13. The molecule has 1 heterocycles. The van der Waals surface area contributed by atoms with Gasteiger partial charge in [-0.2, -0.15) is 0 Å². The quantitative estimate of drug-likeness (QED) is 0.562. The molecule has 64 valence electrons. The van der Waals surface area contributed by atoms with E-state index in [0.717, 1.165) is 22.6 Å². The van der Waals surface area contributed by atoms with Gasteiger partial charge in [-0.3, -0.25) is 0 Å². The molecule has 3 nitrogen and oxygen atoms in total. The summed E-state index contributed by atoms with van der Waals surface area (Å²) in [5, 5.41) is 0. The van der Waals surface area contributed by atoms with E-state index in [9.17, 15) is 0 Å². The van der Waals surface area contributed by atoms with Crippen LogP contribution < -0.4 is 16.2 Å². The predicted octanol–water partition coefficient (Wildman–Crippen LogP) is 0.969. The summed E-state index contributed by atoms with van der Waals surface area (Å²) in [4.78, 5) is 0. The van der Waals surface area contributed by atoms with Crippen molar-refractivity contribution in [1.29, 1.82) is 0 Å². The summed E-state index contributed by atoms with van der Waals surface area (Å²) >= 11 is 0. The van der Waals surface area contributed by atoms with Gasteiger partial charge < -0.3 is 16.2 Å². The zero-order valence-electron chi connectivity index (χ0n) is 7.00. The smallest absolute Gasteiger partial charge is 0.147 e. The van der Waals surface area contributed by atoms with Gasteiger partial charge in [0.1, 0.15) is 12.4 Å². The molecule has 0 aromatic heterocycles. The van der Waals surface area contributed by atoms with Gasteiger partial charge in [-0.05, 0) is 12.5 Å². The van der Waals surface area contributed by atoms with Crippen LogP contribution in [0.3, 0.4) is 0 Å². The van der Waals surface area contributed by atoms with Gasteiger partial charge in [-0.15, -0.1) is 0 Å². The first-order valence-corrected chi connectivity index (χ1v) is 3.97. The van der Waals surface area contributed by atoms with E-state index in [1.165, 1.54) is 0 Å². The average molecular weight is 164 g/mol. The topological polar surface area (TPSA) is 61.3 Å². The van der Waals surface area contributed by atoms with Crippen molar-refractivity contribution in [1.82, 2.24) is 0 Å². The van der Waals surface area contributed by atoms with E-state index in [4.69, 9.17) is 16.2 Å². The van der Waals surface area contributed by atoms with Crippen LogP contribution in [0.2, 0.25) is 0 Å². The number of rotatable bonds is 0. The van der Waals surface area contributed by atoms with E-state index in [1.54, 1.807) is 0 Å². The highest BCUT2D eigenvalue weighted by atomic mass is 16.5. The largest absolute Gasteiger partial charge is 0.489 e. The second kappa shape index (κ2) is 2.38. The molecule has 1 aliphatic heterocycles. The third-order valence-electron chi connectivity index (χ3n) is 2.25. The van der Waals surface area contributed by atoms with Crippen LogP contribution in [0.1, 0.15) is 17.2 Å². The van der Waals surface area contributed by atoms with Gasteiger partial charge in [0.15, 0.2) is 0 Å². The molecule has 1 atom stereocenters. The molecule has 2 rings (SSSR count). The summed E-state index contributed by atoms with van der Waals surface area (Å²) in [5.74, 6) is 0.780. The van der Waals surface area contributed by atoms with E-state index in [2.05, 4.69) is 0 Å². The summed E-state index contributed by atoms with van der Waals surface area (Å²) in [6, 6.07) is 3.95. The Labute approximate surface area is 71.3 Å². The van der Waals surface area contributed by atoms with Gasteiger partial charge in [-0.25, -0.2) is 0 Å². The molecule has 0 fully saturated rings. The molecular formula is C9H12N2O. The van der Waals surface area contributed by atoms with E-state index in [-0.39, 0.29) is 6.04 Å². The van der Waals surface area contributed by atoms with Crippen LogP contribution >= 0.6 is 0 Å². The number of nitrogen functional groups attached to an aromatic ring is 1. The van der Waals surface area contributed by atoms with Crippen molar-refractivity contribution in [3.8, 4) is 5.75 Å². The molecule has 1 aliphatic rings. The first kappa shape index (κ1) is 7.43. The van der Waals surface area contributed by atoms with Gasteiger partial charge in [0, 0.05) is 5.56 Å². The number of benzene rings is 1. The Morgan fingerprint density at radius 1 is 1.50 bits per heavy atom. The van der Waals surface area contributed by atoms with Crippen LogP contribution in [-0.4, -0.2) is 6.61 Å². The molecule has 0 saturated heterocycles. The SMILES string of the molecule is Cc1ccc2c(c1N)OC[C@H]2N. The highest BCUT2D eigenvalue weighted by molar-refractivity contribution is 5.63. The molecular weight excluding hydrogens is 152 g/mol. The molecule has 0 aliphatic carbocycles. The van der Waals surface area contributed by atoms with E-state index >= 15 is 0 Å². The molecule has 3 heteroatoms. The van der Waals surface area contributed by atoms with Crippen molar-refractivity contribution in [3.05, 3.63) is 23.3 Å². The highest BCUT2D eigenvalue weighted by Gasteiger charge is 2.22. The third-order valence-corrected chi connectivity index (χ3v) is 2.25. The molecule has 0 radical (unpaired) electrons. The van der Waals surface area contributed by atoms with Crippen molar-refractivity contribution in [2.75, 3.05) is 12.3 Å². The number of nitrogens with two attached hydrogens (primary N) is 2. The fourth-order valence-electron chi connectivity index (χ4n) is 1.43. The van der Waals surface area contributed by atoms with Crippen molar-refractivity contribution < 1.29 is 4.74 Å². The van der Waals surface area contributed by atoms with Crippen LogP contribution in [-0.2, 0) is 0 Å². The van der Waals surface area contributed by atoms with Crippen molar-refractivity contribution in [3.63, 3.8) is 0 Å². The lowest BCUT2D eigenvalue weighted by molar-refractivity contribution is 0.334. The Balaban J connectivity index is 2.60. The normalized spacial score (nSPS) is 20.3. The van der Waals surface area contributed by atoms with E-state index in [1.807, 2.05) is 19.1 Å². The molecule has 0 spiro atoms. The first-order chi connectivity index (χ1) is 5.70. The second-order valence-electron chi connectivity index (χ2n) is 3.13. The Morgan fingerprint density at radius 2 is 2.25 bits per heavy atom. The summed E-state index contributed by atoms with van der Waals surface area (Å²) < 4.78 is 5.37. The highest BCUT2D eigenvalue weighted by Crippen LogP contribution is 2.37. The summed E-state index contributed by atoms with van der Waals surface area (Å²) in [6.45, 7) is 2.51. The number of hydrogen-bond acceptors (Lipinski definition) is 3. The van der Waals surface area contributed by atoms with Crippen molar-refractivity contribution in [2.24, 2.45) is 5.73 Å². The lowest BCUT2D eigenvalue weighted by Gasteiger charge is -2.05. The van der Waals surface area contributed by atoms with Gasteiger partial charge in [0.2, 0.25) is 0 Å². The third kappa shape index (κ3) is 0.865. The van der Waals surface area contributed by atoms with Gasteiger partial charge >= 0.3 is 0 Å². The lowest BCUT2D eigenvalue weighted by atomic mass is 10.1. The first-order valence-electron chi connectivity index (χ1n) is 3.97. The summed E-state index contributed by atoms with van der Waals surface area (Å²) in [6.07, 6.45) is 0. The molecule has 4 N–H and O–H groups in total. The minimum atomic E-state index is -0.0112. The lowest BCUT2D eigenvalue weighted by Crippen LogP contribution is -2.10. The number of aryl methyl sites for hydroxylation is 1. The van der Waals surface area contributed by atoms with Crippen molar-refractivity contribution >= 4 is 5.69 Å². The standard InChI is InChI=1S/C9H12N2O/c1-5-2-3-6-7(10)4-12-9(6)8(5)11/h2-3,7H,4,10-11H2,1H3/t7-/m1/s1. The Hall–Kier alpha value is -1.22. The Bertz CT molecular complexity index is 323.